The van der Waals surface area contributed by atoms with E-state index in [1.807, 2.05) is 0 Å². The Balaban J connectivity index is 1.00. The van der Waals surface area contributed by atoms with Gasteiger partial charge in [-0.1, -0.05) is 0 Å². The van der Waals surface area contributed by atoms with Gasteiger partial charge in [-0.3, -0.25) is 14.2 Å². The van der Waals surface area contributed by atoms with Crippen molar-refractivity contribution in [2.24, 2.45) is 11.8 Å². The summed E-state index contributed by atoms with van der Waals surface area (Å²) in [4.78, 5) is 51.5. The zero-order chi connectivity index (χ0) is 29.4. The normalized spacial score (nSPS) is 28.5. The number of likely N-dealkylation sites (tertiary alicyclic amines) is 1. The summed E-state index contributed by atoms with van der Waals surface area (Å²) in [5.74, 6) is 1.17. The molecule has 2 aromatic rings. The lowest BCUT2D eigenvalue weighted by Gasteiger charge is -2.31. The van der Waals surface area contributed by atoms with E-state index in [0.29, 0.717) is 61.9 Å². The van der Waals surface area contributed by atoms with E-state index in [1.54, 1.807) is 4.90 Å². The van der Waals surface area contributed by atoms with Gasteiger partial charge >= 0.3 is 6.09 Å². The van der Waals surface area contributed by atoms with Crippen LogP contribution in [0.15, 0.2) is 6.33 Å². The first kappa shape index (κ1) is 28.7. The van der Waals surface area contributed by atoms with E-state index in [9.17, 15) is 24.6 Å². The SMILES string of the molecule is Nc1nc(CCCC2CCN(C(=O)OCC3CCC(=O)C3)CC2)nc2c1ncn2[C@@H]1O[C@H](C(=O)NC2CC2)[C@H](O)C1O. The molecule has 2 amide bonds. The fourth-order valence-corrected chi connectivity index (χ4v) is 6.17. The molecule has 4 aliphatic rings. The molecule has 4 fully saturated rings. The Morgan fingerprint density at radius 2 is 1.88 bits per heavy atom. The van der Waals surface area contributed by atoms with Crippen LogP contribution >= 0.6 is 0 Å². The van der Waals surface area contributed by atoms with Crippen LogP contribution < -0.4 is 11.1 Å². The summed E-state index contributed by atoms with van der Waals surface area (Å²) in [6, 6.07) is 0.0954. The lowest BCUT2D eigenvalue weighted by atomic mass is 9.91. The number of amides is 2. The Morgan fingerprint density at radius 3 is 2.60 bits per heavy atom. The number of carbonyl (C=O) groups excluding carboxylic acids is 3. The number of Topliss-reactive ketones (excluding diaryl/α,β-unsaturated/α-hetero) is 1. The van der Waals surface area contributed by atoms with Gasteiger partial charge in [0.25, 0.3) is 5.91 Å². The largest absolute Gasteiger partial charge is 0.449 e. The van der Waals surface area contributed by atoms with Gasteiger partial charge in [-0.05, 0) is 50.9 Å². The number of nitrogens with zero attached hydrogens (tertiary/aromatic N) is 5. The maximum absolute atomic E-state index is 12.5. The molecule has 4 heterocycles. The number of hydrogen-bond donors (Lipinski definition) is 4. The topological polar surface area (TPSA) is 195 Å². The second-order valence-corrected chi connectivity index (χ2v) is 12.1. The van der Waals surface area contributed by atoms with Crippen LogP contribution in [0.25, 0.3) is 11.2 Å². The number of imidazole rings is 1. The molecule has 2 aliphatic heterocycles. The fourth-order valence-electron chi connectivity index (χ4n) is 6.17. The number of aliphatic hydroxyl groups excluding tert-OH is 2. The highest BCUT2D eigenvalue weighted by Crippen LogP contribution is 2.33. The molecule has 5 atom stereocenters. The van der Waals surface area contributed by atoms with Crippen molar-refractivity contribution < 1.29 is 34.1 Å². The van der Waals surface area contributed by atoms with Gasteiger partial charge in [0.2, 0.25) is 0 Å². The maximum Gasteiger partial charge on any atom is 0.409 e. The highest BCUT2D eigenvalue weighted by atomic mass is 16.6. The summed E-state index contributed by atoms with van der Waals surface area (Å²) >= 11 is 0. The molecule has 14 nitrogen and oxygen atoms in total. The van der Waals surface area contributed by atoms with Gasteiger partial charge in [-0.2, -0.15) is 0 Å². The molecule has 6 rings (SSSR count). The number of aromatic nitrogens is 4. The number of ether oxygens (including phenoxy) is 2. The van der Waals surface area contributed by atoms with E-state index in [1.165, 1.54) is 10.9 Å². The number of nitrogen functional groups attached to an aromatic ring is 1. The number of rotatable bonds is 9. The van der Waals surface area contributed by atoms with Crippen LogP contribution in [0.1, 0.15) is 69.8 Å². The summed E-state index contributed by atoms with van der Waals surface area (Å²) < 4.78 is 12.8. The molecule has 0 bridgehead atoms. The average Bonchev–Trinajstić information content (AvgIpc) is 3.39. The lowest BCUT2D eigenvalue weighted by Crippen LogP contribution is -2.43. The summed E-state index contributed by atoms with van der Waals surface area (Å²) in [5.41, 5.74) is 6.91. The van der Waals surface area contributed by atoms with Crippen LogP contribution in [0.2, 0.25) is 0 Å². The van der Waals surface area contributed by atoms with Crippen molar-refractivity contribution in [2.75, 3.05) is 25.4 Å². The minimum atomic E-state index is -1.39. The third-order valence-corrected chi connectivity index (χ3v) is 8.87. The molecule has 0 aromatic carbocycles. The number of piperidine rings is 1. The van der Waals surface area contributed by atoms with Crippen molar-refractivity contribution in [1.29, 1.82) is 0 Å². The molecule has 14 heteroatoms. The lowest BCUT2D eigenvalue weighted by molar-refractivity contribution is -0.137. The first-order valence-corrected chi connectivity index (χ1v) is 15.0. The smallest absolute Gasteiger partial charge is 0.409 e. The number of aliphatic hydroxyl groups is 2. The van der Waals surface area contributed by atoms with Crippen LogP contribution in [0.3, 0.4) is 0 Å². The molecule has 2 aromatic heterocycles. The predicted octanol–water partition coefficient (Wildman–Crippen LogP) is 0.847. The zero-order valence-corrected chi connectivity index (χ0v) is 23.6. The highest BCUT2D eigenvalue weighted by Gasteiger charge is 2.48. The second kappa shape index (κ2) is 12.1. The molecule has 0 spiro atoms. The molecule has 2 aliphatic carbocycles. The Labute approximate surface area is 243 Å². The summed E-state index contributed by atoms with van der Waals surface area (Å²) in [6.07, 6.45) is 3.95. The Kier molecular flexibility index (Phi) is 8.28. The van der Waals surface area contributed by atoms with Crippen molar-refractivity contribution in [3.05, 3.63) is 12.2 Å². The van der Waals surface area contributed by atoms with E-state index in [0.717, 1.165) is 44.9 Å². The van der Waals surface area contributed by atoms with Gasteiger partial charge in [0.05, 0.1) is 12.9 Å². The Hall–Kier alpha value is -3.36. The van der Waals surface area contributed by atoms with Crippen LogP contribution in [0, 0.1) is 11.8 Å². The van der Waals surface area contributed by atoms with E-state index in [-0.39, 0.29) is 29.7 Å². The van der Waals surface area contributed by atoms with Crippen LogP contribution in [-0.4, -0.2) is 96.5 Å². The van der Waals surface area contributed by atoms with Gasteiger partial charge < -0.3 is 35.6 Å². The van der Waals surface area contributed by atoms with E-state index in [4.69, 9.17) is 15.2 Å². The number of hydrogen-bond acceptors (Lipinski definition) is 11. The van der Waals surface area contributed by atoms with Gasteiger partial charge in [0, 0.05) is 44.3 Å². The number of aryl methyl sites for hydroxylation is 1. The third kappa shape index (κ3) is 6.20. The molecule has 2 unspecified atom stereocenters. The predicted molar refractivity (Wildman–Crippen MR) is 148 cm³/mol. The summed E-state index contributed by atoms with van der Waals surface area (Å²) in [6.45, 7) is 1.62. The average molecular weight is 586 g/mol. The van der Waals surface area contributed by atoms with Gasteiger partial charge in [-0.25, -0.2) is 19.7 Å². The van der Waals surface area contributed by atoms with Crippen LogP contribution in [0.4, 0.5) is 10.6 Å². The second-order valence-electron chi connectivity index (χ2n) is 12.1. The minimum absolute atomic E-state index is 0.0954. The molecule has 2 saturated heterocycles. The number of carbonyl (C=O) groups is 3. The maximum atomic E-state index is 12.5. The molecule has 2 saturated carbocycles. The van der Waals surface area contributed by atoms with Crippen molar-refractivity contribution in [1.82, 2.24) is 29.7 Å². The number of ketones is 1. The van der Waals surface area contributed by atoms with Gasteiger partial charge in [-0.15, -0.1) is 0 Å². The Morgan fingerprint density at radius 1 is 1.10 bits per heavy atom. The van der Waals surface area contributed by atoms with Crippen LogP contribution in [0.5, 0.6) is 0 Å². The highest BCUT2D eigenvalue weighted by molar-refractivity contribution is 5.83. The molecular weight excluding hydrogens is 546 g/mol. The summed E-state index contributed by atoms with van der Waals surface area (Å²) in [5, 5.41) is 24.0. The monoisotopic (exact) mass is 585 g/mol. The standard InChI is InChI=1S/C28H39N7O7/c29-24-20-25(35(14-30-20)27-22(38)21(37)23(42-27)26(39)31-17-5-6-17)33-19(32-24)3-1-2-15-8-10-34(11-9-15)28(40)41-13-16-4-7-18(36)12-16/h14-17,21-23,27,37-38H,1-13H2,(H,31,39)(H2,29,32,33)/t16?,21-,22?,23+,27-/m1/s1. The molecular formula is C28H39N7O7. The van der Waals surface area contributed by atoms with Crippen molar-refractivity contribution >= 4 is 34.8 Å². The number of nitrogens with two attached hydrogens (primary N) is 1. The number of nitrogens with one attached hydrogen (secondary N) is 1. The zero-order valence-electron chi connectivity index (χ0n) is 23.6. The molecule has 5 N–H and O–H groups in total. The minimum Gasteiger partial charge on any atom is -0.449 e. The molecule has 0 radical (unpaired) electrons. The quantitative estimate of drug-likeness (QED) is 0.326. The molecule has 42 heavy (non-hydrogen) atoms. The fraction of sp³-hybridized carbons (Fsp3) is 0.714. The van der Waals surface area contributed by atoms with Crippen molar-refractivity contribution in [2.45, 2.75) is 94.8 Å². The van der Waals surface area contributed by atoms with Crippen molar-refractivity contribution in [3.63, 3.8) is 0 Å². The third-order valence-electron chi connectivity index (χ3n) is 8.87. The van der Waals surface area contributed by atoms with Gasteiger partial charge in [0.15, 0.2) is 23.8 Å². The summed E-state index contributed by atoms with van der Waals surface area (Å²) in [7, 11) is 0. The van der Waals surface area contributed by atoms with Crippen LogP contribution in [-0.2, 0) is 25.5 Å². The number of anilines is 1. The van der Waals surface area contributed by atoms with E-state index >= 15 is 0 Å². The Bertz CT molecular complexity index is 1320. The molecule has 228 valence electrons. The van der Waals surface area contributed by atoms with E-state index in [2.05, 4.69) is 20.3 Å². The van der Waals surface area contributed by atoms with Gasteiger partial charge in [0.1, 0.15) is 29.3 Å². The first-order chi connectivity index (χ1) is 20.3. The van der Waals surface area contributed by atoms with E-state index < -0.39 is 30.4 Å². The van der Waals surface area contributed by atoms with Crippen molar-refractivity contribution in [3.8, 4) is 0 Å². The number of fused-ring (bicyclic) bond motifs is 1. The first-order valence-electron chi connectivity index (χ1n) is 15.0.